The molecule has 25 heavy (non-hydrogen) atoms. The highest BCUT2D eigenvalue weighted by Crippen LogP contribution is 2.29. The molecule has 0 aliphatic carbocycles. The number of alkyl halides is 3. The molecule has 0 radical (unpaired) electrons. The summed E-state index contributed by atoms with van der Waals surface area (Å²) in [4.78, 5) is 11.7. The Morgan fingerprint density at radius 3 is 2.24 bits per heavy atom. The third-order valence-corrected chi connectivity index (χ3v) is 4.63. The Morgan fingerprint density at radius 2 is 1.80 bits per heavy atom. The molecule has 0 fully saturated rings. The van der Waals surface area contributed by atoms with Crippen LogP contribution in [0.4, 0.5) is 5.69 Å². The topological polar surface area (TPSA) is 113 Å². The van der Waals surface area contributed by atoms with E-state index in [1.54, 1.807) is 0 Å². The van der Waals surface area contributed by atoms with Crippen LogP contribution in [0.1, 0.15) is 19.8 Å². The molecule has 0 aromatic heterocycles. The fourth-order valence-corrected chi connectivity index (χ4v) is 2.76. The minimum absolute atomic E-state index is 0.0390. The lowest BCUT2D eigenvalue weighted by molar-refractivity contribution is -0.121. The van der Waals surface area contributed by atoms with Crippen molar-refractivity contribution in [1.29, 1.82) is 0 Å². The molecule has 0 aliphatic rings. The molecule has 1 atom stereocenters. The van der Waals surface area contributed by atoms with Gasteiger partial charge in [-0.2, -0.15) is 0 Å². The Balaban J connectivity index is 2.76. The Kier molecular flexibility index (Phi) is 8.17. The number of carbonyl (C=O) groups excluding carboxylic acids is 1. The molecule has 5 N–H and O–H groups in total. The average Bonchev–Trinajstić information content (AvgIpc) is 2.45. The predicted molar refractivity (Wildman–Crippen MR) is 104 cm³/mol. The summed E-state index contributed by atoms with van der Waals surface area (Å²) in [6, 6.07) is 5.56. The lowest BCUT2D eigenvalue weighted by atomic mass is 10.3. The number of thiocarbonyl (C=S) groups is 1. The van der Waals surface area contributed by atoms with Gasteiger partial charge in [-0.1, -0.05) is 41.7 Å². The van der Waals surface area contributed by atoms with Crippen molar-refractivity contribution >= 4 is 73.8 Å². The van der Waals surface area contributed by atoms with Crippen LogP contribution in [0.15, 0.2) is 29.2 Å². The zero-order chi connectivity index (χ0) is 19.3. The van der Waals surface area contributed by atoms with Crippen LogP contribution in [0.25, 0.3) is 0 Å². The lowest BCUT2D eigenvalue weighted by Gasteiger charge is -2.27. The summed E-state index contributed by atoms with van der Waals surface area (Å²) >= 11 is 22.7. The first kappa shape index (κ1) is 22.2. The van der Waals surface area contributed by atoms with E-state index in [9.17, 15) is 13.2 Å². The molecule has 0 saturated heterocycles. The van der Waals surface area contributed by atoms with Gasteiger partial charge in [0.1, 0.15) is 6.17 Å². The molecule has 140 valence electrons. The van der Waals surface area contributed by atoms with Crippen molar-refractivity contribution in [2.75, 3.05) is 5.32 Å². The highest BCUT2D eigenvalue weighted by molar-refractivity contribution is 7.89. The number of benzene rings is 1. The van der Waals surface area contributed by atoms with Crippen LogP contribution in [0.3, 0.4) is 0 Å². The molecular weight excluding hydrogens is 431 g/mol. The third-order valence-electron chi connectivity index (χ3n) is 2.83. The van der Waals surface area contributed by atoms with Gasteiger partial charge < -0.3 is 16.0 Å². The number of nitrogens with one attached hydrogen (secondary N) is 3. The molecule has 0 aliphatic heterocycles. The van der Waals surface area contributed by atoms with Gasteiger partial charge in [0.05, 0.1) is 4.90 Å². The summed E-state index contributed by atoms with van der Waals surface area (Å²) < 4.78 is 20.6. The van der Waals surface area contributed by atoms with Gasteiger partial charge >= 0.3 is 0 Å². The van der Waals surface area contributed by atoms with Gasteiger partial charge in [0, 0.05) is 12.1 Å². The van der Waals surface area contributed by atoms with Gasteiger partial charge in [-0.25, -0.2) is 13.6 Å². The molecule has 1 amide bonds. The van der Waals surface area contributed by atoms with E-state index in [0.29, 0.717) is 12.1 Å². The van der Waals surface area contributed by atoms with Gasteiger partial charge in [0.2, 0.25) is 19.7 Å². The molecule has 1 aromatic carbocycles. The number of sulfonamides is 1. The monoisotopic (exact) mass is 446 g/mol. The van der Waals surface area contributed by atoms with E-state index in [2.05, 4.69) is 16.0 Å². The van der Waals surface area contributed by atoms with Gasteiger partial charge in [0.15, 0.2) is 5.11 Å². The van der Waals surface area contributed by atoms with E-state index in [1.807, 2.05) is 6.92 Å². The van der Waals surface area contributed by atoms with Crippen molar-refractivity contribution < 1.29 is 13.2 Å². The van der Waals surface area contributed by atoms with Gasteiger partial charge in [0.25, 0.3) is 0 Å². The summed E-state index contributed by atoms with van der Waals surface area (Å²) in [5.41, 5.74) is 0.479. The lowest BCUT2D eigenvalue weighted by Crippen LogP contribution is -2.56. The van der Waals surface area contributed by atoms with Crippen molar-refractivity contribution in [2.24, 2.45) is 5.14 Å². The number of primary sulfonamides is 1. The summed E-state index contributed by atoms with van der Waals surface area (Å²) in [7, 11) is -3.78. The molecule has 0 saturated carbocycles. The molecule has 1 rings (SSSR count). The van der Waals surface area contributed by atoms with Crippen LogP contribution >= 0.6 is 47.0 Å². The minimum atomic E-state index is -3.78. The number of nitrogens with two attached hydrogens (primary N) is 1. The van der Waals surface area contributed by atoms with Gasteiger partial charge in [-0.05, 0) is 42.9 Å². The largest absolute Gasteiger partial charge is 0.339 e. The second-order valence-electron chi connectivity index (χ2n) is 4.96. The summed E-state index contributed by atoms with van der Waals surface area (Å²) in [6.45, 7) is 1.84. The normalized spacial score (nSPS) is 13.0. The van der Waals surface area contributed by atoms with Gasteiger partial charge in [-0.3, -0.25) is 4.79 Å². The Labute approximate surface area is 166 Å². The standard InChI is InChI=1S/C13H17Cl3N4O3S2/c1-2-3-10(21)19-11(13(14,15)16)20-12(24)18-8-4-6-9(7-5-8)25(17,22)23/h4-7,11H,2-3H2,1H3,(H,19,21)(H2,17,22,23)(H2,18,20,24)/t11-/m0/s1. The molecule has 0 spiro atoms. The highest BCUT2D eigenvalue weighted by Gasteiger charge is 2.34. The van der Waals surface area contributed by atoms with E-state index in [1.165, 1.54) is 24.3 Å². The minimum Gasteiger partial charge on any atom is -0.339 e. The van der Waals surface area contributed by atoms with Crippen molar-refractivity contribution in [1.82, 2.24) is 10.6 Å². The quantitative estimate of drug-likeness (QED) is 0.302. The number of halogens is 3. The third kappa shape index (κ3) is 7.93. The van der Waals surface area contributed by atoms with Crippen LogP contribution in [0, 0.1) is 0 Å². The molecule has 7 nitrogen and oxygen atoms in total. The molecule has 1 aromatic rings. The number of carbonyl (C=O) groups is 1. The van der Waals surface area contributed by atoms with E-state index in [4.69, 9.17) is 52.2 Å². The van der Waals surface area contributed by atoms with Crippen molar-refractivity contribution in [3.05, 3.63) is 24.3 Å². The number of hydrogen-bond acceptors (Lipinski definition) is 4. The maximum Gasteiger partial charge on any atom is 0.238 e. The molecule has 0 bridgehead atoms. The average molecular weight is 448 g/mol. The first-order valence-corrected chi connectivity index (χ1v) is 10.1. The van der Waals surface area contributed by atoms with Gasteiger partial charge in [-0.15, -0.1) is 0 Å². The summed E-state index contributed by atoms with van der Waals surface area (Å²) in [5.74, 6) is -0.299. The zero-order valence-corrected chi connectivity index (χ0v) is 17.0. The van der Waals surface area contributed by atoms with E-state index < -0.39 is 20.0 Å². The van der Waals surface area contributed by atoms with E-state index >= 15 is 0 Å². The van der Waals surface area contributed by atoms with Crippen molar-refractivity contribution in [3.63, 3.8) is 0 Å². The molecule has 0 unspecified atom stereocenters. The second-order valence-corrected chi connectivity index (χ2v) is 9.30. The highest BCUT2D eigenvalue weighted by atomic mass is 35.6. The predicted octanol–water partition coefficient (Wildman–Crippen LogP) is 2.23. The fourth-order valence-electron chi connectivity index (χ4n) is 1.69. The number of anilines is 1. The number of hydrogen-bond donors (Lipinski definition) is 4. The first-order chi connectivity index (χ1) is 11.4. The van der Waals surface area contributed by atoms with E-state index in [0.717, 1.165) is 0 Å². The zero-order valence-electron chi connectivity index (χ0n) is 13.1. The van der Waals surface area contributed by atoms with Crippen molar-refractivity contribution in [2.45, 2.75) is 34.6 Å². The Morgan fingerprint density at radius 1 is 1.24 bits per heavy atom. The van der Waals surface area contributed by atoms with Crippen LogP contribution in [-0.2, 0) is 14.8 Å². The fraction of sp³-hybridized carbons (Fsp3) is 0.385. The molecule has 0 heterocycles. The van der Waals surface area contributed by atoms with Crippen LogP contribution in [0.2, 0.25) is 0 Å². The van der Waals surface area contributed by atoms with Crippen LogP contribution in [0.5, 0.6) is 0 Å². The first-order valence-electron chi connectivity index (χ1n) is 7.00. The smallest absolute Gasteiger partial charge is 0.238 e. The molecular formula is C13H17Cl3N4O3S2. The maximum absolute atomic E-state index is 11.7. The Bertz CT molecular complexity index is 721. The van der Waals surface area contributed by atoms with Crippen LogP contribution < -0.4 is 21.1 Å². The maximum atomic E-state index is 11.7. The summed E-state index contributed by atoms with van der Waals surface area (Å²) in [6.07, 6.45) is -0.147. The molecule has 12 heteroatoms. The summed E-state index contributed by atoms with van der Waals surface area (Å²) in [5, 5.41) is 13.1. The SMILES string of the molecule is CCCC(=O)N[C@@H](NC(=S)Nc1ccc(S(N)(=O)=O)cc1)C(Cl)(Cl)Cl. The number of rotatable bonds is 6. The number of amides is 1. The second kappa shape index (κ2) is 9.20. The van der Waals surface area contributed by atoms with Crippen LogP contribution in [-0.4, -0.2) is 29.4 Å². The Hall–Kier alpha value is -0.840. The van der Waals surface area contributed by atoms with E-state index in [-0.39, 0.29) is 22.3 Å². The van der Waals surface area contributed by atoms with Crippen molar-refractivity contribution in [3.8, 4) is 0 Å².